The number of hydrogen-bond donors (Lipinski definition) is 1. The third kappa shape index (κ3) is 3.62. The standard InChI is InChI=1S/C24H20N6O2/c1-16(31)22-13-20(28-30(22)18-7-3-2-4-8-18)24(32)27-17-11-12-23(25-14-17)29-15-26-19-9-5-6-10-21(19)29/h2-12,14-15,22H,13H2,1H3,(H,27,32). The minimum Gasteiger partial charge on any atom is -0.319 e. The van der Waals surface area contributed by atoms with Crippen LogP contribution in [0.15, 0.2) is 84.4 Å². The van der Waals surface area contributed by atoms with Gasteiger partial charge in [0.1, 0.15) is 23.9 Å². The Morgan fingerprint density at radius 3 is 2.50 bits per heavy atom. The van der Waals surface area contributed by atoms with Gasteiger partial charge in [-0.1, -0.05) is 30.3 Å². The summed E-state index contributed by atoms with van der Waals surface area (Å²) in [4.78, 5) is 33.8. The van der Waals surface area contributed by atoms with Crippen molar-refractivity contribution in [1.29, 1.82) is 0 Å². The molecule has 0 saturated heterocycles. The maximum absolute atomic E-state index is 12.8. The van der Waals surface area contributed by atoms with Crippen LogP contribution in [-0.2, 0) is 9.59 Å². The second-order valence-corrected chi connectivity index (χ2v) is 7.52. The van der Waals surface area contributed by atoms with Gasteiger partial charge < -0.3 is 5.32 Å². The molecule has 3 heterocycles. The first-order valence-electron chi connectivity index (χ1n) is 10.2. The van der Waals surface area contributed by atoms with Crippen LogP contribution in [0.4, 0.5) is 11.4 Å². The Morgan fingerprint density at radius 2 is 1.75 bits per heavy atom. The number of amides is 1. The number of hydrogen-bond acceptors (Lipinski definition) is 6. The molecule has 0 fully saturated rings. The van der Waals surface area contributed by atoms with Gasteiger partial charge in [0.15, 0.2) is 5.78 Å². The highest BCUT2D eigenvalue weighted by Crippen LogP contribution is 2.25. The van der Waals surface area contributed by atoms with Crippen LogP contribution < -0.4 is 10.3 Å². The SMILES string of the molecule is CC(=O)C1CC(C(=O)Nc2ccc(-n3cnc4ccccc43)nc2)=NN1c1ccccc1. The van der Waals surface area contributed by atoms with Crippen molar-refractivity contribution in [2.75, 3.05) is 10.3 Å². The molecule has 0 saturated carbocycles. The van der Waals surface area contributed by atoms with Crippen molar-refractivity contribution < 1.29 is 9.59 Å². The number of nitrogens with one attached hydrogen (secondary N) is 1. The molecule has 32 heavy (non-hydrogen) atoms. The van der Waals surface area contributed by atoms with Gasteiger partial charge in [-0.15, -0.1) is 0 Å². The van der Waals surface area contributed by atoms with E-state index in [0.29, 0.717) is 17.2 Å². The first-order valence-corrected chi connectivity index (χ1v) is 10.2. The number of carbonyl (C=O) groups excluding carboxylic acids is 2. The molecule has 1 aliphatic rings. The van der Waals surface area contributed by atoms with Crippen LogP contribution >= 0.6 is 0 Å². The number of nitrogens with zero attached hydrogens (tertiary/aromatic N) is 5. The molecule has 0 aliphatic carbocycles. The number of aromatic nitrogens is 3. The maximum atomic E-state index is 12.8. The number of pyridine rings is 1. The number of rotatable bonds is 5. The van der Waals surface area contributed by atoms with Crippen LogP contribution in [-0.4, -0.2) is 38.0 Å². The smallest absolute Gasteiger partial charge is 0.272 e. The predicted octanol–water partition coefficient (Wildman–Crippen LogP) is 3.58. The van der Waals surface area contributed by atoms with Gasteiger partial charge in [-0.3, -0.25) is 19.2 Å². The second kappa shape index (κ2) is 8.07. The highest BCUT2D eigenvalue weighted by molar-refractivity contribution is 6.44. The molecule has 0 spiro atoms. The summed E-state index contributed by atoms with van der Waals surface area (Å²) in [5.74, 6) is 0.304. The van der Waals surface area contributed by atoms with Crippen molar-refractivity contribution in [3.63, 3.8) is 0 Å². The van der Waals surface area contributed by atoms with E-state index in [9.17, 15) is 9.59 Å². The molecule has 1 aliphatic heterocycles. The van der Waals surface area contributed by atoms with E-state index in [0.717, 1.165) is 16.7 Å². The zero-order chi connectivity index (χ0) is 22.1. The highest BCUT2D eigenvalue weighted by Gasteiger charge is 2.34. The van der Waals surface area contributed by atoms with Gasteiger partial charge in [0.25, 0.3) is 5.91 Å². The van der Waals surface area contributed by atoms with Crippen LogP contribution in [0.25, 0.3) is 16.9 Å². The molecule has 1 unspecified atom stereocenters. The lowest BCUT2D eigenvalue weighted by Crippen LogP contribution is -2.33. The summed E-state index contributed by atoms with van der Waals surface area (Å²) in [5, 5.41) is 8.88. The fourth-order valence-electron chi connectivity index (χ4n) is 3.73. The second-order valence-electron chi connectivity index (χ2n) is 7.52. The van der Waals surface area contributed by atoms with E-state index < -0.39 is 6.04 Å². The number of imidazole rings is 1. The highest BCUT2D eigenvalue weighted by atomic mass is 16.2. The van der Waals surface area contributed by atoms with Crippen LogP contribution in [0, 0.1) is 0 Å². The van der Waals surface area contributed by atoms with Gasteiger partial charge in [-0.2, -0.15) is 5.10 Å². The molecule has 2 aromatic heterocycles. The Morgan fingerprint density at radius 1 is 0.969 bits per heavy atom. The van der Waals surface area contributed by atoms with E-state index in [1.165, 1.54) is 6.92 Å². The average Bonchev–Trinajstić information content (AvgIpc) is 3.46. The van der Waals surface area contributed by atoms with Crippen molar-refractivity contribution in [1.82, 2.24) is 14.5 Å². The lowest BCUT2D eigenvalue weighted by molar-refractivity contribution is -0.118. The summed E-state index contributed by atoms with van der Waals surface area (Å²) >= 11 is 0. The lowest BCUT2D eigenvalue weighted by atomic mass is 10.1. The molecular formula is C24H20N6O2. The minimum atomic E-state index is -0.492. The maximum Gasteiger partial charge on any atom is 0.272 e. The molecule has 1 N–H and O–H groups in total. The van der Waals surface area contributed by atoms with Crippen LogP contribution in [0.1, 0.15) is 13.3 Å². The molecule has 4 aromatic rings. The van der Waals surface area contributed by atoms with Gasteiger partial charge >= 0.3 is 0 Å². The molecule has 0 radical (unpaired) electrons. The summed E-state index contributed by atoms with van der Waals surface area (Å²) in [5.41, 5.74) is 3.46. The number of hydrazone groups is 1. The van der Waals surface area contributed by atoms with Crippen molar-refractivity contribution in [2.24, 2.45) is 5.10 Å². The Kier molecular flexibility index (Phi) is 4.95. The van der Waals surface area contributed by atoms with E-state index in [-0.39, 0.29) is 18.1 Å². The Hall–Kier alpha value is -4.33. The van der Waals surface area contributed by atoms with E-state index >= 15 is 0 Å². The molecule has 5 rings (SSSR count). The summed E-state index contributed by atoms with van der Waals surface area (Å²) in [7, 11) is 0. The zero-order valence-corrected chi connectivity index (χ0v) is 17.3. The monoisotopic (exact) mass is 424 g/mol. The number of para-hydroxylation sites is 3. The van der Waals surface area contributed by atoms with E-state index in [4.69, 9.17) is 0 Å². The molecule has 1 atom stereocenters. The van der Waals surface area contributed by atoms with Gasteiger partial charge in [-0.05, 0) is 43.3 Å². The average molecular weight is 424 g/mol. The first-order chi connectivity index (χ1) is 15.6. The number of ketones is 1. The Labute approximate surface area is 184 Å². The molecule has 1 amide bonds. The quantitative estimate of drug-likeness (QED) is 0.529. The van der Waals surface area contributed by atoms with E-state index in [2.05, 4.69) is 20.4 Å². The van der Waals surface area contributed by atoms with Gasteiger partial charge in [0, 0.05) is 6.42 Å². The number of carbonyl (C=O) groups is 2. The number of fused-ring (bicyclic) bond motifs is 1. The van der Waals surface area contributed by atoms with Gasteiger partial charge in [-0.25, -0.2) is 9.97 Å². The Balaban J connectivity index is 1.34. The van der Waals surface area contributed by atoms with Crippen LogP contribution in [0.5, 0.6) is 0 Å². The molecule has 158 valence electrons. The summed E-state index contributed by atoms with van der Waals surface area (Å²) < 4.78 is 1.89. The normalized spacial score (nSPS) is 15.6. The number of Topliss-reactive ketones (excluding diaryl/α,β-unsaturated/α-hetero) is 1. The fraction of sp³-hybridized carbons (Fsp3) is 0.125. The topological polar surface area (TPSA) is 92.5 Å². The molecule has 2 aromatic carbocycles. The van der Waals surface area contributed by atoms with Crippen molar-refractivity contribution in [3.8, 4) is 5.82 Å². The van der Waals surface area contributed by atoms with Gasteiger partial charge in [0.05, 0.1) is 28.6 Å². The van der Waals surface area contributed by atoms with Crippen LogP contribution in [0.2, 0.25) is 0 Å². The number of anilines is 2. The summed E-state index contributed by atoms with van der Waals surface area (Å²) in [6.07, 6.45) is 3.57. The summed E-state index contributed by atoms with van der Waals surface area (Å²) in [6, 6.07) is 20.3. The van der Waals surface area contributed by atoms with Crippen molar-refractivity contribution in [3.05, 3.63) is 79.3 Å². The molecule has 0 bridgehead atoms. The van der Waals surface area contributed by atoms with E-state index in [1.54, 1.807) is 23.6 Å². The molecular weight excluding hydrogens is 404 g/mol. The number of benzene rings is 2. The first kappa shape index (κ1) is 19.6. The zero-order valence-electron chi connectivity index (χ0n) is 17.3. The minimum absolute atomic E-state index is 0.0426. The fourth-order valence-corrected chi connectivity index (χ4v) is 3.73. The van der Waals surface area contributed by atoms with Crippen molar-refractivity contribution >= 4 is 39.8 Å². The third-order valence-electron chi connectivity index (χ3n) is 5.37. The van der Waals surface area contributed by atoms with E-state index in [1.807, 2.05) is 65.2 Å². The predicted molar refractivity (Wildman–Crippen MR) is 123 cm³/mol. The van der Waals surface area contributed by atoms with Crippen LogP contribution in [0.3, 0.4) is 0 Å². The molecule has 8 nitrogen and oxygen atoms in total. The molecule has 8 heteroatoms. The lowest BCUT2D eigenvalue weighted by Gasteiger charge is -2.20. The van der Waals surface area contributed by atoms with Crippen molar-refractivity contribution in [2.45, 2.75) is 19.4 Å². The summed E-state index contributed by atoms with van der Waals surface area (Å²) in [6.45, 7) is 1.51. The Bertz CT molecular complexity index is 1330. The largest absolute Gasteiger partial charge is 0.319 e. The van der Waals surface area contributed by atoms with Gasteiger partial charge in [0.2, 0.25) is 0 Å². The third-order valence-corrected chi connectivity index (χ3v) is 5.37.